The van der Waals surface area contributed by atoms with Gasteiger partial charge in [0.1, 0.15) is 0 Å². The van der Waals surface area contributed by atoms with Crippen LogP contribution in [-0.4, -0.2) is 10.9 Å². The average molecular weight is 236 g/mol. The molecule has 0 amide bonds. The Labute approximate surface area is 105 Å². The first-order chi connectivity index (χ1) is 8.72. The van der Waals surface area contributed by atoms with Crippen LogP contribution in [0.5, 0.6) is 0 Å². The van der Waals surface area contributed by atoms with Crippen molar-refractivity contribution in [2.24, 2.45) is 0 Å². The number of rotatable bonds is 1. The van der Waals surface area contributed by atoms with E-state index in [4.69, 9.17) is 0 Å². The summed E-state index contributed by atoms with van der Waals surface area (Å²) in [7, 11) is 0. The van der Waals surface area contributed by atoms with Crippen molar-refractivity contribution in [2.75, 3.05) is 0 Å². The molecule has 1 aliphatic rings. The molecule has 1 N–H and O–H groups in total. The minimum atomic E-state index is -1.55. The Hall–Kier alpha value is -2.19. The zero-order chi connectivity index (χ0) is 12.6. The summed E-state index contributed by atoms with van der Waals surface area (Å²) < 4.78 is 0. The fourth-order valence-electron chi connectivity index (χ4n) is 2.26. The number of hydrogen-bond donors (Lipinski definition) is 1. The summed E-state index contributed by atoms with van der Waals surface area (Å²) in [4.78, 5) is 12.4. The first-order valence-electron chi connectivity index (χ1n) is 5.83. The van der Waals surface area contributed by atoms with Gasteiger partial charge in [-0.1, -0.05) is 60.7 Å². The molecule has 2 aromatic carbocycles. The van der Waals surface area contributed by atoms with Crippen molar-refractivity contribution in [1.29, 1.82) is 0 Å². The van der Waals surface area contributed by atoms with Crippen LogP contribution in [0.3, 0.4) is 0 Å². The minimum Gasteiger partial charge on any atom is -0.373 e. The SMILES string of the molecule is O=C1c2ccccc2C=CC1(O)c1ccccc1. The first-order valence-corrected chi connectivity index (χ1v) is 5.83. The molecule has 3 rings (SSSR count). The molecule has 0 spiro atoms. The van der Waals surface area contributed by atoms with E-state index in [1.165, 1.54) is 0 Å². The third-order valence-corrected chi connectivity index (χ3v) is 3.27. The molecular formula is C16H12O2. The normalized spacial score (nSPS) is 21.7. The fraction of sp³-hybridized carbons (Fsp3) is 0.0625. The standard InChI is InChI=1S/C16H12O2/c17-15-14-9-5-4-6-12(14)10-11-16(15,18)13-7-2-1-3-8-13/h1-11,18H. The number of ketones is 1. The van der Waals surface area contributed by atoms with Gasteiger partial charge >= 0.3 is 0 Å². The molecule has 88 valence electrons. The number of Topliss-reactive ketones (excluding diaryl/α,β-unsaturated/α-hetero) is 1. The van der Waals surface area contributed by atoms with Crippen LogP contribution in [0.25, 0.3) is 6.08 Å². The van der Waals surface area contributed by atoms with Gasteiger partial charge in [0.05, 0.1) is 0 Å². The van der Waals surface area contributed by atoms with E-state index in [0.717, 1.165) is 5.56 Å². The maximum absolute atomic E-state index is 12.4. The summed E-state index contributed by atoms with van der Waals surface area (Å²) in [6, 6.07) is 16.3. The van der Waals surface area contributed by atoms with Gasteiger partial charge in [-0.05, 0) is 17.2 Å². The van der Waals surface area contributed by atoms with Crippen molar-refractivity contribution in [1.82, 2.24) is 0 Å². The van der Waals surface area contributed by atoms with Crippen LogP contribution in [0.2, 0.25) is 0 Å². The minimum absolute atomic E-state index is 0.271. The molecule has 0 aromatic heterocycles. The van der Waals surface area contributed by atoms with Crippen molar-refractivity contribution in [3.05, 3.63) is 77.4 Å². The molecule has 0 saturated heterocycles. The van der Waals surface area contributed by atoms with Crippen LogP contribution >= 0.6 is 0 Å². The second-order valence-electron chi connectivity index (χ2n) is 4.38. The Morgan fingerprint density at radius 3 is 2.33 bits per heavy atom. The first kappa shape index (κ1) is 10.9. The van der Waals surface area contributed by atoms with Crippen molar-refractivity contribution >= 4 is 11.9 Å². The Balaban J connectivity index is 2.16. The van der Waals surface area contributed by atoms with E-state index in [0.29, 0.717) is 11.1 Å². The number of fused-ring (bicyclic) bond motifs is 1. The number of benzene rings is 2. The third-order valence-electron chi connectivity index (χ3n) is 3.27. The fourth-order valence-corrected chi connectivity index (χ4v) is 2.26. The summed E-state index contributed by atoms with van der Waals surface area (Å²) in [5.41, 5.74) is 0.463. The van der Waals surface area contributed by atoms with E-state index in [-0.39, 0.29) is 5.78 Å². The van der Waals surface area contributed by atoms with Gasteiger partial charge in [-0.2, -0.15) is 0 Å². The number of aliphatic hydroxyl groups is 1. The van der Waals surface area contributed by atoms with Crippen LogP contribution < -0.4 is 0 Å². The lowest BCUT2D eigenvalue weighted by molar-refractivity contribution is 0.0515. The zero-order valence-corrected chi connectivity index (χ0v) is 9.71. The lowest BCUT2D eigenvalue weighted by atomic mass is 9.80. The maximum Gasteiger partial charge on any atom is 0.203 e. The molecule has 1 unspecified atom stereocenters. The number of hydrogen-bond acceptors (Lipinski definition) is 2. The van der Waals surface area contributed by atoms with Crippen molar-refractivity contribution in [3.63, 3.8) is 0 Å². The summed E-state index contributed by atoms with van der Waals surface area (Å²) in [5, 5.41) is 10.6. The predicted molar refractivity (Wildman–Crippen MR) is 70.1 cm³/mol. The predicted octanol–water partition coefficient (Wildman–Crippen LogP) is 2.78. The molecule has 2 aromatic rings. The molecule has 0 fully saturated rings. The van der Waals surface area contributed by atoms with Gasteiger partial charge in [-0.25, -0.2) is 0 Å². The molecule has 2 heteroatoms. The molecule has 2 nitrogen and oxygen atoms in total. The highest BCUT2D eigenvalue weighted by molar-refractivity contribution is 6.09. The van der Waals surface area contributed by atoms with Crippen LogP contribution in [0.1, 0.15) is 21.5 Å². The quantitative estimate of drug-likeness (QED) is 0.826. The maximum atomic E-state index is 12.4. The molecule has 0 radical (unpaired) electrons. The van der Waals surface area contributed by atoms with Crippen LogP contribution in [0.15, 0.2) is 60.7 Å². The van der Waals surface area contributed by atoms with Gasteiger partial charge in [0.25, 0.3) is 0 Å². The number of carbonyl (C=O) groups is 1. The molecule has 1 atom stereocenters. The van der Waals surface area contributed by atoms with Gasteiger partial charge in [-0.15, -0.1) is 0 Å². The van der Waals surface area contributed by atoms with Gasteiger partial charge in [0, 0.05) is 5.56 Å². The largest absolute Gasteiger partial charge is 0.373 e. The summed E-state index contributed by atoms with van der Waals surface area (Å²) in [6.45, 7) is 0. The molecule has 18 heavy (non-hydrogen) atoms. The van der Waals surface area contributed by atoms with Gasteiger partial charge < -0.3 is 5.11 Å². The van der Waals surface area contributed by atoms with E-state index in [2.05, 4.69) is 0 Å². The highest BCUT2D eigenvalue weighted by Crippen LogP contribution is 2.33. The van der Waals surface area contributed by atoms with Crippen LogP contribution in [-0.2, 0) is 5.60 Å². The molecule has 0 heterocycles. The number of carbonyl (C=O) groups excluding carboxylic acids is 1. The lowest BCUT2D eigenvalue weighted by Crippen LogP contribution is -2.35. The van der Waals surface area contributed by atoms with Crippen molar-refractivity contribution < 1.29 is 9.90 Å². The second kappa shape index (κ2) is 3.93. The zero-order valence-electron chi connectivity index (χ0n) is 9.71. The lowest BCUT2D eigenvalue weighted by Gasteiger charge is -2.27. The molecule has 0 saturated carbocycles. The van der Waals surface area contributed by atoms with E-state index in [1.807, 2.05) is 30.3 Å². The third kappa shape index (κ3) is 1.50. The van der Waals surface area contributed by atoms with E-state index < -0.39 is 5.60 Å². The average Bonchev–Trinajstić information content (AvgIpc) is 2.44. The van der Waals surface area contributed by atoms with E-state index in [1.54, 1.807) is 36.4 Å². The monoisotopic (exact) mass is 236 g/mol. The Kier molecular flexibility index (Phi) is 2.39. The summed E-state index contributed by atoms with van der Waals surface area (Å²) >= 11 is 0. The van der Waals surface area contributed by atoms with Crippen LogP contribution in [0.4, 0.5) is 0 Å². The Morgan fingerprint density at radius 2 is 1.56 bits per heavy atom. The van der Waals surface area contributed by atoms with Crippen molar-refractivity contribution in [2.45, 2.75) is 5.60 Å². The highest BCUT2D eigenvalue weighted by atomic mass is 16.3. The summed E-state index contributed by atoms with van der Waals surface area (Å²) in [5.74, 6) is -0.271. The molecule has 0 bridgehead atoms. The van der Waals surface area contributed by atoms with Crippen LogP contribution in [0, 0.1) is 0 Å². The highest BCUT2D eigenvalue weighted by Gasteiger charge is 2.38. The second-order valence-corrected chi connectivity index (χ2v) is 4.38. The van der Waals surface area contributed by atoms with E-state index in [9.17, 15) is 9.90 Å². The molecule has 0 aliphatic heterocycles. The molecular weight excluding hydrogens is 224 g/mol. The van der Waals surface area contributed by atoms with Gasteiger partial charge in [0.2, 0.25) is 5.78 Å². The van der Waals surface area contributed by atoms with Gasteiger partial charge in [-0.3, -0.25) is 4.79 Å². The smallest absolute Gasteiger partial charge is 0.203 e. The topological polar surface area (TPSA) is 37.3 Å². The van der Waals surface area contributed by atoms with E-state index >= 15 is 0 Å². The van der Waals surface area contributed by atoms with Gasteiger partial charge in [0.15, 0.2) is 5.60 Å². The Morgan fingerprint density at radius 1 is 0.889 bits per heavy atom. The Bertz CT molecular complexity index is 629. The van der Waals surface area contributed by atoms with Crippen molar-refractivity contribution in [3.8, 4) is 0 Å². The summed E-state index contributed by atoms with van der Waals surface area (Å²) in [6.07, 6.45) is 3.36. The molecule has 1 aliphatic carbocycles.